The highest BCUT2D eigenvalue weighted by Crippen LogP contribution is 2.36. The van der Waals surface area contributed by atoms with Gasteiger partial charge in [0.2, 0.25) is 5.91 Å². The van der Waals surface area contributed by atoms with Crippen molar-refractivity contribution in [3.8, 4) is 0 Å². The van der Waals surface area contributed by atoms with Gasteiger partial charge in [0.05, 0.1) is 12.2 Å². The van der Waals surface area contributed by atoms with Crippen molar-refractivity contribution in [3.63, 3.8) is 0 Å². The molecule has 0 spiro atoms. The van der Waals surface area contributed by atoms with Gasteiger partial charge in [-0.05, 0) is 18.6 Å². The summed E-state index contributed by atoms with van der Waals surface area (Å²) >= 11 is 3.92. The van der Waals surface area contributed by atoms with Crippen LogP contribution < -0.4 is 11.3 Å². The van der Waals surface area contributed by atoms with E-state index in [4.69, 9.17) is 10.5 Å². The third-order valence-electron chi connectivity index (χ3n) is 4.38. The van der Waals surface area contributed by atoms with E-state index in [0.29, 0.717) is 34.4 Å². The van der Waals surface area contributed by atoms with Gasteiger partial charge >= 0.3 is 0 Å². The summed E-state index contributed by atoms with van der Waals surface area (Å²) in [6.07, 6.45) is 3.14. The SMILES string of the molecule is CCSc1nnc(C(Sc2nc3c(cnn3C3CCOCC3)c(=O)[nH]2)C(N)=O)s1. The van der Waals surface area contributed by atoms with Crippen LogP contribution in [0.25, 0.3) is 11.0 Å². The fourth-order valence-corrected chi connectivity index (χ4v) is 5.84. The maximum atomic E-state index is 12.5. The summed E-state index contributed by atoms with van der Waals surface area (Å²) in [5.74, 6) is 0.282. The van der Waals surface area contributed by atoms with Gasteiger partial charge in [-0.25, -0.2) is 9.67 Å². The lowest BCUT2D eigenvalue weighted by Crippen LogP contribution is -2.22. The molecule has 1 amide bonds. The number of thioether (sulfide) groups is 2. The Bertz CT molecular complexity index is 1070. The minimum Gasteiger partial charge on any atom is -0.381 e. The van der Waals surface area contributed by atoms with E-state index >= 15 is 0 Å². The second-order valence-electron chi connectivity index (χ2n) is 6.28. The third-order valence-corrected chi connectivity index (χ3v) is 7.64. The van der Waals surface area contributed by atoms with Gasteiger partial charge in [0.25, 0.3) is 5.56 Å². The van der Waals surface area contributed by atoms with Crippen LogP contribution in [-0.4, -0.2) is 54.8 Å². The quantitative estimate of drug-likeness (QED) is 0.404. The Morgan fingerprint density at radius 1 is 1.45 bits per heavy atom. The molecule has 1 aliphatic heterocycles. The number of nitrogens with two attached hydrogens (primary N) is 1. The Morgan fingerprint density at radius 2 is 2.24 bits per heavy atom. The Balaban J connectivity index is 1.66. The molecule has 0 saturated carbocycles. The molecule has 10 nitrogen and oxygen atoms in total. The zero-order chi connectivity index (χ0) is 20.4. The molecule has 1 fully saturated rings. The molecule has 4 heterocycles. The first-order chi connectivity index (χ1) is 14.1. The van der Waals surface area contributed by atoms with Gasteiger partial charge in [-0.1, -0.05) is 41.8 Å². The van der Waals surface area contributed by atoms with Crippen molar-refractivity contribution in [1.82, 2.24) is 29.9 Å². The minimum absolute atomic E-state index is 0.122. The number of rotatable bonds is 7. The van der Waals surface area contributed by atoms with E-state index in [9.17, 15) is 9.59 Å². The van der Waals surface area contributed by atoms with Crippen LogP contribution >= 0.6 is 34.9 Å². The number of hydrogen-bond donors (Lipinski definition) is 2. The van der Waals surface area contributed by atoms with Crippen LogP contribution in [0, 0.1) is 0 Å². The van der Waals surface area contributed by atoms with Gasteiger partial charge < -0.3 is 15.5 Å². The molecule has 1 saturated heterocycles. The second kappa shape index (κ2) is 8.81. The number of aromatic amines is 1. The number of ether oxygens (including phenoxy) is 1. The first-order valence-electron chi connectivity index (χ1n) is 9.04. The Labute approximate surface area is 178 Å². The van der Waals surface area contributed by atoms with Crippen LogP contribution in [-0.2, 0) is 9.53 Å². The molecule has 29 heavy (non-hydrogen) atoms. The first kappa shape index (κ1) is 20.3. The van der Waals surface area contributed by atoms with E-state index < -0.39 is 11.2 Å². The van der Waals surface area contributed by atoms with Crippen LogP contribution in [0.15, 0.2) is 20.5 Å². The number of carbonyl (C=O) groups is 1. The molecule has 0 aliphatic carbocycles. The third kappa shape index (κ3) is 4.32. The molecule has 3 aromatic heterocycles. The molecule has 13 heteroatoms. The number of aromatic nitrogens is 6. The number of carbonyl (C=O) groups excluding carboxylic acids is 1. The number of nitrogens with zero attached hydrogens (tertiary/aromatic N) is 5. The van der Waals surface area contributed by atoms with Gasteiger partial charge in [-0.15, -0.1) is 10.2 Å². The molecular formula is C16H19N7O3S3. The number of nitrogens with one attached hydrogen (secondary N) is 1. The molecule has 0 aromatic carbocycles. The van der Waals surface area contributed by atoms with E-state index in [1.54, 1.807) is 16.4 Å². The van der Waals surface area contributed by atoms with Crippen molar-refractivity contribution in [2.75, 3.05) is 19.0 Å². The van der Waals surface area contributed by atoms with Crippen molar-refractivity contribution >= 4 is 51.8 Å². The zero-order valence-corrected chi connectivity index (χ0v) is 18.0. The normalized spacial score (nSPS) is 16.3. The number of amides is 1. The van der Waals surface area contributed by atoms with Crippen molar-refractivity contribution < 1.29 is 9.53 Å². The molecular weight excluding hydrogens is 434 g/mol. The molecule has 1 atom stereocenters. The summed E-state index contributed by atoms with van der Waals surface area (Å²) in [6, 6.07) is 0.122. The predicted molar refractivity (Wildman–Crippen MR) is 111 cm³/mol. The summed E-state index contributed by atoms with van der Waals surface area (Å²) in [5.41, 5.74) is 5.78. The van der Waals surface area contributed by atoms with Crippen molar-refractivity contribution in [3.05, 3.63) is 21.6 Å². The van der Waals surface area contributed by atoms with Gasteiger partial charge in [-0.3, -0.25) is 9.59 Å². The molecule has 4 rings (SSSR count). The van der Waals surface area contributed by atoms with Crippen LogP contribution in [0.1, 0.15) is 36.1 Å². The molecule has 3 N–H and O–H groups in total. The standard InChI is InChI=1S/C16H19N7O3S3/c1-2-27-16-22-21-14(29-16)10(11(17)24)28-15-19-12-9(13(25)20-15)7-18-23(12)8-3-5-26-6-4-8/h7-8,10H,2-6H2,1H3,(H2,17,24)(H,19,20,25). The lowest BCUT2D eigenvalue weighted by atomic mass is 10.1. The number of primary amides is 1. The summed E-state index contributed by atoms with van der Waals surface area (Å²) in [6.45, 7) is 3.31. The summed E-state index contributed by atoms with van der Waals surface area (Å²) in [4.78, 5) is 31.9. The van der Waals surface area contributed by atoms with E-state index in [2.05, 4.69) is 25.3 Å². The molecule has 154 valence electrons. The van der Waals surface area contributed by atoms with Gasteiger partial charge in [0.1, 0.15) is 15.6 Å². The van der Waals surface area contributed by atoms with Crippen LogP contribution in [0.5, 0.6) is 0 Å². The Kier molecular flexibility index (Phi) is 6.18. The Hall–Kier alpha value is -1.96. The van der Waals surface area contributed by atoms with E-state index in [1.807, 2.05) is 6.92 Å². The second-order valence-corrected chi connectivity index (χ2v) is 9.89. The average Bonchev–Trinajstić information content (AvgIpc) is 3.34. The van der Waals surface area contributed by atoms with Crippen molar-refractivity contribution in [2.45, 2.75) is 40.6 Å². The van der Waals surface area contributed by atoms with Gasteiger partial charge in [0.15, 0.2) is 15.1 Å². The van der Waals surface area contributed by atoms with E-state index in [1.165, 1.54) is 17.5 Å². The number of fused-ring (bicyclic) bond motifs is 1. The summed E-state index contributed by atoms with van der Waals surface area (Å²) in [7, 11) is 0. The maximum Gasteiger partial charge on any atom is 0.262 e. The Morgan fingerprint density at radius 3 is 2.97 bits per heavy atom. The van der Waals surface area contributed by atoms with E-state index in [0.717, 1.165) is 34.7 Å². The minimum atomic E-state index is -0.793. The lowest BCUT2D eigenvalue weighted by molar-refractivity contribution is -0.117. The molecule has 0 radical (unpaired) electrons. The van der Waals surface area contributed by atoms with Crippen LogP contribution in [0.4, 0.5) is 0 Å². The monoisotopic (exact) mass is 453 g/mol. The van der Waals surface area contributed by atoms with Crippen LogP contribution in [0.3, 0.4) is 0 Å². The average molecular weight is 454 g/mol. The highest BCUT2D eigenvalue weighted by atomic mass is 32.2. The smallest absolute Gasteiger partial charge is 0.262 e. The van der Waals surface area contributed by atoms with Crippen molar-refractivity contribution in [2.24, 2.45) is 5.73 Å². The fourth-order valence-electron chi connectivity index (χ4n) is 3.02. The molecule has 3 aromatic rings. The number of hydrogen-bond acceptors (Lipinski definition) is 10. The van der Waals surface area contributed by atoms with E-state index in [-0.39, 0.29) is 11.6 Å². The highest BCUT2D eigenvalue weighted by Gasteiger charge is 2.27. The topological polar surface area (TPSA) is 142 Å². The first-order valence-corrected chi connectivity index (χ1v) is 11.7. The molecule has 0 bridgehead atoms. The maximum absolute atomic E-state index is 12.5. The molecule has 1 aliphatic rings. The largest absolute Gasteiger partial charge is 0.381 e. The number of H-pyrrole nitrogens is 1. The zero-order valence-electron chi connectivity index (χ0n) is 15.5. The molecule has 1 unspecified atom stereocenters. The van der Waals surface area contributed by atoms with Gasteiger partial charge in [0, 0.05) is 13.2 Å². The van der Waals surface area contributed by atoms with Crippen LogP contribution in [0.2, 0.25) is 0 Å². The summed E-state index contributed by atoms with van der Waals surface area (Å²) < 4.78 is 7.95. The summed E-state index contributed by atoms with van der Waals surface area (Å²) in [5, 5.41) is 12.9. The fraction of sp³-hybridized carbons (Fsp3) is 0.500. The van der Waals surface area contributed by atoms with Crippen molar-refractivity contribution in [1.29, 1.82) is 0 Å². The predicted octanol–water partition coefficient (Wildman–Crippen LogP) is 1.75. The highest BCUT2D eigenvalue weighted by molar-refractivity contribution is 8.01. The lowest BCUT2D eigenvalue weighted by Gasteiger charge is -2.22. The van der Waals surface area contributed by atoms with Gasteiger partial charge in [-0.2, -0.15) is 5.10 Å².